The molecule has 1 aromatic heterocycles. The molecule has 0 unspecified atom stereocenters. The summed E-state index contributed by atoms with van der Waals surface area (Å²) in [7, 11) is 0. The Labute approximate surface area is 122 Å². The van der Waals surface area contributed by atoms with Crippen molar-refractivity contribution in [3.8, 4) is 0 Å². The van der Waals surface area contributed by atoms with E-state index >= 15 is 0 Å². The van der Waals surface area contributed by atoms with E-state index in [1.165, 1.54) is 0 Å². The Balaban J connectivity index is 1.99. The van der Waals surface area contributed by atoms with Crippen LogP contribution in [-0.2, 0) is 0 Å². The fourth-order valence-electron chi connectivity index (χ4n) is 1.71. The van der Waals surface area contributed by atoms with E-state index in [0.717, 1.165) is 10.2 Å². The van der Waals surface area contributed by atoms with Crippen molar-refractivity contribution >= 4 is 56.0 Å². The van der Waals surface area contributed by atoms with Gasteiger partial charge in [-0.25, -0.2) is 0 Å². The lowest BCUT2D eigenvalue weighted by Gasteiger charge is -2.05. The second-order valence-electron chi connectivity index (χ2n) is 3.97. The minimum absolute atomic E-state index is 0.392. The Morgan fingerprint density at radius 1 is 1.26 bits per heavy atom. The van der Waals surface area contributed by atoms with Crippen LogP contribution in [0.3, 0.4) is 0 Å². The molecular weight excluding hydrogens is 330 g/mol. The van der Waals surface area contributed by atoms with Gasteiger partial charge in [-0.15, -0.1) is 0 Å². The number of nitrogen functional groups attached to an aromatic ring is 1. The molecule has 0 saturated heterocycles. The van der Waals surface area contributed by atoms with Gasteiger partial charge in [0.1, 0.15) is 5.52 Å². The molecular formula is C13H9BrClN3O. The lowest BCUT2D eigenvalue weighted by atomic mass is 10.3. The molecule has 0 aliphatic carbocycles. The zero-order valence-electron chi connectivity index (χ0n) is 9.65. The zero-order valence-corrected chi connectivity index (χ0v) is 12.0. The summed E-state index contributed by atoms with van der Waals surface area (Å²) in [4.78, 5) is 4.32. The smallest absolute Gasteiger partial charge is 0.300 e. The molecule has 0 saturated carbocycles. The minimum atomic E-state index is 0.392. The minimum Gasteiger partial charge on any atom is -0.423 e. The molecule has 3 rings (SSSR count). The quantitative estimate of drug-likeness (QED) is 0.672. The number of anilines is 3. The molecule has 1 heterocycles. The van der Waals surface area contributed by atoms with E-state index in [-0.39, 0.29) is 0 Å². The van der Waals surface area contributed by atoms with E-state index in [1.54, 1.807) is 24.3 Å². The Bertz CT molecular complexity index is 757. The molecule has 0 radical (unpaired) electrons. The summed E-state index contributed by atoms with van der Waals surface area (Å²) in [6, 6.07) is 11.2. The lowest BCUT2D eigenvalue weighted by Crippen LogP contribution is -1.91. The van der Waals surface area contributed by atoms with Crippen LogP contribution in [0.1, 0.15) is 0 Å². The van der Waals surface area contributed by atoms with Crippen LogP contribution in [0.25, 0.3) is 11.1 Å². The van der Waals surface area contributed by atoms with Gasteiger partial charge in [0.2, 0.25) is 0 Å². The van der Waals surface area contributed by atoms with Crippen LogP contribution < -0.4 is 11.1 Å². The number of nitrogens with one attached hydrogen (secondary N) is 1. The number of aromatic nitrogens is 1. The molecule has 0 fully saturated rings. The molecule has 0 bridgehead atoms. The van der Waals surface area contributed by atoms with E-state index in [0.29, 0.717) is 27.8 Å². The number of rotatable bonds is 2. The van der Waals surface area contributed by atoms with E-state index < -0.39 is 0 Å². The average molecular weight is 339 g/mol. The first kappa shape index (κ1) is 12.3. The van der Waals surface area contributed by atoms with E-state index in [4.69, 9.17) is 21.8 Å². The predicted molar refractivity (Wildman–Crippen MR) is 80.9 cm³/mol. The number of hydrogen-bond acceptors (Lipinski definition) is 4. The summed E-state index contributed by atoms with van der Waals surface area (Å²) in [6.45, 7) is 0. The number of hydrogen-bond donors (Lipinski definition) is 2. The summed E-state index contributed by atoms with van der Waals surface area (Å²) in [6.07, 6.45) is 0. The fraction of sp³-hybridized carbons (Fsp3) is 0. The molecule has 6 heteroatoms. The number of nitrogens with two attached hydrogens (primary N) is 1. The van der Waals surface area contributed by atoms with E-state index in [9.17, 15) is 0 Å². The van der Waals surface area contributed by atoms with Crippen LogP contribution in [0.4, 0.5) is 17.4 Å². The van der Waals surface area contributed by atoms with Gasteiger partial charge in [0.05, 0.1) is 15.2 Å². The van der Waals surface area contributed by atoms with Crippen molar-refractivity contribution in [1.29, 1.82) is 0 Å². The first-order chi connectivity index (χ1) is 9.13. The van der Waals surface area contributed by atoms with Gasteiger partial charge in [-0.05, 0) is 46.3 Å². The molecule has 0 amide bonds. The third-order valence-electron chi connectivity index (χ3n) is 2.60. The van der Waals surface area contributed by atoms with Crippen molar-refractivity contribution in [2.75, 3.05) is 11.1 Å². The van der Waals surface area contributed by atoms with Crippen LogP contribution in [0.2, 0.25) is 5.02 Å². The Morgan fingerprint density at radius 2 is 2.11 bits per heavy atom. The van der Waals surface area contributed by atoms with Crippen LogP contribution in [0.15, 0.2) is 45.3 Å². The number of oxazole rings is 1. The summed E-state index contributed by atoms with van der Waals surface area (Å²) >= 11 is 9.43. The maximum atomic E-state index is 6.03. The number of fused-ring (bicyclic) bond motifs is 1. The van der Waals surface area contributed by atoms with Gasteiger partial charge in [0.15, 0.2) is 5.58 Å². The van der Waals surface area contributed by atoms with Crippen LogP contribution in [0, 0.1) is 0 Å². The molecule has 0 spiro atoms. The molecule has 2 aromatic carbocycles. The predicted octanol–water partition coefficient (Wildman–Crippen LogP) is 4.57. The summed E-state index contributed by atoms with van der Waals surface area (Å²) in [5, 5.41) is 3.69. The van der Waals surface area contributed by atoms with Gasteiger partial charge in [0.25, 0.3) is 6.01 Å². The highest BCUT2D eigenvalue weighted by Gasteiger charge is 2.09. The third kappa shape index (κ3) is 2.39. The fourth-order valence-corrected chi connectivity index (χ4v) is 2.25. The molecule has 19 heavy (non-hydrogen) atoms. The second-order valence-corrected chi connectivity index (χ2v) is 5.17. The van der Waals surface area contributed by atoms with Crippen molar-refractivity contribution in [1.82, 2.24) is 4.98 Å². The van der Waals surface area contributed by atoms with Gasteiger partial charge < -0.3 is 15.5 Å². The molecule has 96 valence electrons. The summed E-state index contributed by atoms with van der Waals surface area (Å²) in [5.41, 5.74) is 8.52. The van der Waals surface area contributed by atoms with Crippen molar-refractivity contribution in [3.63, 3.8) is 0 Å². The highest BCUT2D eigenvalue weighted by atomic mass is 79.9. The Hall–Kier alpha value is -1.72. The lowest BCUT2D eigenvalue weighted by molar-refractivity contribution is 0.623. The third-order valence-corrected chi connectivity index (χ3v) is 4.00. The van der Waals surface area contributed by atoms with Gasteiger partial charge >= 0.3 is 0 Å². The van der Waals surface area contributed by atoms with Crippen molar-refractivity contribution in [3.05, 3.63) is 45.9 Å². The molecule has 3 N–H and O–H groups in total. The SMILES string of the molecule is Nc1ccc2oc(Nc3cccc(Cl)c3Br)nc2c1. The second kappa shape index (κ2) is 4.75. The normalized spacial score (nSPS) is 10.8. The first-order valence-electron chi connectivity index (χ1n) is 5.50. The first-order valence-corrected chi connectivity index (χ1v) is 6.68. The van der Waals surface area contributed by atoms with E-state index in [2.05, 4.69) is 26.2 Å². The summed E-state index contributed by atoms with van der Waals surface area (Å²) in [5.74, 6) is 0. The zero-order chi connectivity index (χ0) is 13.4. The highest BCUT2D eigenvalue weighted by molar-refractivity contribution is 9.10. The van der Waals surface area contributed by atoms with Crippen molar-refractivity contribution in [2.45, 2.75) is 0 Å². The average Bonchev–Trinajstić information content (AvgIpc) is 2.76. The highest BCUT2D eigenvalue weighted by Crippen LogP contribution is 2.32. The van der Waals surface area contributed by atoms with Crippen molar-refractivity contribution in [2.24, 2.45) is 0 Å². The number of halogens is 2. The van der Waals surface area contributed by atoms with Crippen LogP contribution in [-0.4, -0.2) is 4.98 Å². The Morgan fingerprint density at radius 3 is 2.95 bits per heavy atom. The van der Waals surface area contributed by atoms with Gasteiger partial charge in [-0.2, -0.15) is 4.98 Å². The van der Waals surface area contributed by atoms with E-state index in [1.807, 2.05) is 12.1 Å². The van der Waals surface area contributed by atoms with Gasteiger partial charge in [-0.3, -0.25) is 0 Å². The Kier molecular flexibility index (Phi) is 3.08. The molecule has 4 nitrogen and oxygen atoms in total. The van der Waals surface area contributed by atoms with Crippen molar-refractivity contribution < 1.29 is 4.42 Å². The maximum absolute atomic E-state index is 6.03. The van der Waals surface area contributed by atoms with Gasteiger partial charge in [0, 0.05) is 5.69 Å². The number of benzene rings is 2. The number of nitrogens with zero attached hydrogens (tertiary/aromatic N) is 1. The van der Waals surface area contributed by atoms with Gasteiger partial charge in [-0.1, -0.05) is 17.7 Å². The molecule has 0 atom stereocenters. The molecule has 0 aliphatic heterocycles. The van der Waals surface area contributed by atoms with Crippen LogP contribution >= 0.6 is 27.5 Å². The summed E-state index contributed by atoms with van der Waals surface area (Å²) < 4.78 is 6.34. The topological polar surface area (TPSA) is 64.1 Å². The maximum Gasteiger partial charge on any atom is 0.300 e. The molecule has 0 aliphatic rings. The monoisotopic (exact) mass is 337 g/mol. The van der Waals surface area contributed by atoms with Crippen LogP contribution in [0.5, 0.6) is 0 Å². The standard InChI is InChI=1S/C13H9BrClN3O/c14-12-8(15)2-1-3-9(12)17-13-18-10-6-7(16)4-5-11(10)19-13/h1-6H,16H2,(H,17,18). The largest absolute Gasteiger partial charge is 0.423 e. The molecule has 3 aromatic rings.